The van der Waals surface area contributed by atoms with Crippen LogP contribution < -0.4 is 9.80 Å². The van der Waals surface area contributed by atoms with Gasteiger partial charge in [0.05, 0.1) is 54.1 Å². The van der Waals surface area contributed by atoms with E-state index >= 15 is 0 Å². The van der Waals surface area contributed by atoms with Crippen LogP contribution in [-0.2, 0) is 4.74 Å². The molecule has 0 unspecified atom stereocenters. The minimum Gasteiger partial charge on any atom is -0.377 e. The van der Waals surface area contributed by atoms with Gasteiger partial charge in [-0.25, -0.2) is 13.8 Å². The molecule has 7 nitrogen and oxygen atoms in total. The first-order valence-corrected chi connectivity index (χ1v) is 9.98. The smallest absolute Gasteiger partial charge is 0.282 e. The van der Waals surface area contributed by atoms with E-state index in [2.05, 4.69) is 26.4 Å². The highest BCUT2D eigenvalue weighted by atomic mass is 32.1. The van der Waals surface area contributed by atoms with Gasteiger partial charge in [-0.05, 0) is 31.4 Å². The van der Waals surface area contributed by atoms with Crippen molar-refractivity contribution in [3.63, 3.8) is 0 Å². The molecule has 0 aliphatic carbocycles. The average molecular weight is 406 g/mol. The first-order valence-electron chi connectivity index (χ1n) is 9.21. The molecular formula is C18H20F2N6OS. The molecule has 3 aromatic heterocycles. The SMILES string of the molecule is Cc1cc(-c2nsc3c(N4CC(F)(F)C4)cc(N4CCOC[C@H]4C)nc23)[nH]n1. The maximum Gasteiger partial charge on any atom is 0.282 e. The summed E-state index contributed by atoms with van der Waals surface area (Å²) < 4.78 is 38.0. The number of halogens is 2. The van der Waals surface area contributed by atoms with Gasteiger partial charge < -0.3 is 14.5 Å². The number of fused-ring (bicyclic) bond motifs is 1. The third-order valence-corrected chi connectivity index (χ3v) is 6.06. The Morgan fingerprint density at radius 3 is 2.82 bits per heavy atom. The molecule has 1 N–H and O–H groups in total. The normalized spacial score (nSPS) is 21.9. The molecule has 0 saturated carbocycles. The second kappa shape index (κ2) is 6.35. The summed E-state index contributed by atoms with van der Waals surface area (Å²) in [6.45, 7) is 5.37. The summed E-state index contributed by atoms with van der Waals surface area (Å²) in [7, 11) is 0. The van der Waals surface area contributed by atoms with E-state index in [1.807, 2.05) is 19.1 Å². The Kier molecular flexibility index (Phi) is 4.02. The predicted octanol–water partition coefficient (Wildman–Crippen LogP) is 3.07. The van der Waals surface area contributed by atoms with Crippen LogP contribution in [0.15, 0.2) is 12.1 Å². The number of aromatic amines is 1. The molecule has 0 bridgehead atoms. The minimum absolute atomic E-state index is 0.161. The molecular weight excluding hydrogens is 386 g/mol. The van der Waals surface area contributed by atoms with Gasteiger partial charge in [0.15, 0.2) is 0 Å². The molecule has 2 saturated heterocycles. The quantitative estimate of drug-likeness (QED) is 0.721. The Hall–Kier alpha value is -2.33. The van der Waals surface area contributed by atoms with Crippen LogP contribution in [0.4, 0.5) is 20.3 Å². The van der Waals surface area contributed by atoms with Gasteiger partial charge in [0, 0.05) is 12.6 Å². The van der Waals surface area contributed by atoms with E-state index in [0.717, 1.165) is 33.1 Å². The molecule has 148 valence electrons. The maximum absolute atomic E-state index is 13.6. The fraction of sp³-hybridized carbons (Fsp3) is 0.500. The number of morpholine rings is 1. The minimum atomic E-state index is -2.64. The van der Waals surface area contributed by atoms with E-state index < -0.39 is 5.92 Å². The number of aromatic nitrogens is 4. The van der Waals surface area contributed by atoms with Crippen molar-refractivity contribution in [1.82, 2.24) is 19.6 Å². The number of H-pyrrole nitrogens is 1. The molecule has 28 heavy (non-hydrogen) atoms. The fourth-order valence-corrected chi connectivity index (χ4v) is 4.62. The zero-order valence-electron chi connectivity index (χ0n) is 15.6. The summed E-state index contributed by atoms with van der Waals surface area (Å²) in [5, 5.41) is 7.17. The number of anilines is 2. The molecule has 5 heterocycles. The second-order valence-electron chi connectivity index (χ2n) is 7.46. The number of aryl methyl sites for hydroxylation is 1. The van der Waals surface area contributed by atoms with Crippen LogP contribution in [0.3, 0.4) is 0 Å². The first kappa shape index (κ1) is 17.7. The lowest BCUT2D eigenvalue weighted by atomic mass is 10.1. The topological polar surface area (TPSA) is 70.2 Å². The maximum atomic E-state index is 13.6. The summed E-state index contributed by atoms with van der Waals surface area (Å²) in [5.41, 5.74) is 3.83. The first-order chi connectivity index (χ1) is 13.4. The Balaban J connectivity index is 1.65. The highest BCUT2D eigenvalue weighted by Crippen LogP contribution is 2.42. The molecule has 2 aliphatic rings. The van der Waals surface area contributed by atoms with Crippen LogP contribution in [0.1, 0.15) is 12.6 Å². The van der Waals surface area contributed by atoms with Crippen molar-refractivity contribution in [2.45, 2.75) is 25.8 Å². The average Bonchev–Trinajstić information content (AvgIpc) is 3.25. The van der Waals surface area contributed by atoms with Crippen molar-refractivity contribution in [2.75, 3.05) is 42.6 Å². The molecule has 10 heteroatoms. The number of nitrogens with one attached hydrogen (secondary N) is 1. The van der Waals surface area contributed by atoms with E-state index in [-0.39, 0.29) is 19.1 Å². The second-order valence-corrected chi connectivity index (χ2v) is 8.23. The lowest BCUT2D eigenvalue weighted by Gasteiger charge is -2.41. The number of rotatable bonds is 3. The van der Waals surface area contributed by atoms with Crippen molar-refractivity contribution in [3.05, 3.63) is 17.8 Å². The summed E-state index contributed by atoms with van der Waals surface area (Å²) >= 11 is 1.29. The van der Waals surface area contributed by atoms with E-state index in [1.54, 1.807) is 4.90 Å². The summed E-state index contributed by atoms with van der Waals surface area (Å²) in [6.07, 6.45) is 0. The van der Waals surface area contributed by atoms with Crippen LogP contribution in [-0.4, -0.2) is 64.4 Å². The summed E-state index contributed by atoms with van der Waals surface area (Å²) in [6, 6.07) is 3.99. The molecule has 5 rings (SSSR count). The summed E-state index contributed by atoms with van der Waals surface area (Å²) in [5.74, 6) is -1.87. The van der Waals surface area contributed by atoms with Crippen LogP contribution in [0, 0.1) is 6.92 Å². The zero-order valence-corrected chi connectivity index (χ0v) is 16.4. The number of alkyl halides is 2. The summed E-state index contributed by atoms with van der Waals surface area (Å²) in [4.78, 5) is 8.77. The third kappa shape index (κ3) is 2.91. The van der Waals surface area contributed by atoms with Crippen LogP contribution in [0.2, 0.25) is 0 Å². The lowest BCUT2D eigenvalue weighted by Crippen LogP contribution is -2.56. The molecule has 0 aromatic carbocycles. The standard InChI is InChI=1S/C18H20F2N6OS/c1-10-5-12(23-22-10)15-16-17(28-24-15)13(25-8-18(19,20)9-25)6-14(21-16)26-3-4-27-7-11(26)2/h5-6,11H,3-4,7-9H2,1-2H3,(H,22,23)/t11-/m1/s1. The highest BCUT2D eigenvalue weighted by molar-refractivity contribution is 7.14. The lowest BCUT2D eigenvalue weighted by molar-refractivity contribution is -0.0260. The van der Waals surface area contributed by atoms with Crippen molar-refractivity contribution in [3.8, 4) is 11.4 Å². The number of hydrogen-bond acceptors (Lipinski definition) is 7. The monoisotopic (exact) mass is 406 g/mol. The van der Waals surface area contributed by atoms with E-state index in [4.69, 9.17) is 9.72 Å². The molecule has 2 aliphatic heterocycles. The Labute approximate surface area is 164 Å². The van der Waals surface area contributed by atoms with Gasteiger partial charge in [-0.1, -0.05) is 0 Å². The highest BCUT2D eigenvalue weighted by Gasteiger charge is 2.45. The number of nitrogens with zero attached hydrogens (tertiary/aromatic N) is 5. The molecule has 3 aromatic rings. The van der Waals surface area contributed by atoms with Gasteiger partial charge in [0.2, 0.25) is 0 Å². The van der Waals surface area contributed by atoms with Gasteiger partial charge in [-0.3, -0.25) is 5.10 Å². The van der Waals surface area contributed by atoms with E-state index in [1.165, 1.54) is 11.5 Å². The van der Waals surface area contributed by atoms with Gasteiger partial charge >= 0.3 is 0 Å². The van der Waals surface area contributed by atoms with Crippen molar-refractivity contribution < 1.29 is 13.5 Å². The largest absolute Gasteiger partial charge is 0.377 e. The number of ether oxygens (including phenoxy) is 1. The Morgan fingerprint density at radius 1 is 1.32 bits per heavy atom. The van der Waals surface area contributed by atoms with Crippen LogP contribution in [0.5, 0.6) is 0 Å². The number of pyridine rings is 1. The van der Waals surface area contributed by atoms with Crippen LogP contribution >= 0.6 is 11.5 Å². The van der Waals surface area contributed by atoms with E-state index in [0.29, 0.717) is 25.5 Å². The zero-order chi connectivity index (χ0) is 19.5. The van der Waals surface area contributed by atoms with Gasteiger partial charge in [0.25, 0.3) is 5.92 Å². The molecule has 0 amide bonds. The Morgan fingerprint density at radius 2 is 2.14 bits per heavy atom. The van der Waals surface area contributed by atoms with Crippen molar-refractivity contribution >= 4 is 33.3 Å². The fourth-order valence-electron chi connectivity index (χ4n) is 3.74. The predicted molar refractivity (Wildman–Crippen MR) is 105 cm³/mol. The van der Waals surface area contributed by atoms with E-state index in [9.17, 15) is 8.78 Å². The van der Waals surface area contributed by atoms with Gasteiger partial charge in [-0.15, -0.1) is 0 Å². The number of hydrogen-bond donors (Lipinski definition) is 1. The van der Waals surface area contributed by atoms with Crippen LogP contribution in [0.25, 0.3) is 21.6 Å². The van der Waals surface area contributed by atoms with Crippen molar-refractivity contribution in [2.24, 2.45) is 0 Å². The van der Waals surface area contributed by atoms with Crippen molar-refractivity contribution in [1.29, 1.82) is 0 Å². The molecule has 0 spiro atoms. The molecule has 0 radical (unpaired) electrons. The van der Waals surface area contributed by atoms with Gasteiger partial charge in [-0.2, -0.15) is 9.47 Å². The molecule has 1 atom stereocenters. The Bertz CT molecular complexity index is 1030. The molecule has 2 fully saturated rings. The third-order valence-electron chi connectivity index (χ3n) is 5.20. The van der Waals surface area contributed by atoms with Gasteiger partial charge in [0.1, 0.15) is 17.0 Å².